The first-order chi connectivity index (χ1) is 14.6. The fourth-order valence-electron chi connectivity index (χ4n) is 3.18. The van der Waals surface area contributed by atoms with Crippen molar-refractivity contribution in [3.63, 3.8) is 0 Å². The number of imidazole rings is 1. The van der Waals surface area contributed by atoms with Crippen molar-refractivity contribution in [1.29, 1.82) is 0 Å². The summed E-state index contributed by atoms with van der Waals surface area (Å²) < 4.78 is 32.6. The van der Waals surface area contributed by atoms with Gasteiger partial charge in [0.05, 0.1) is 18.7 Å². The molecule has 0 aliphatic carbocycles. The molecule has 2 aromatic carbocycles. The molecule has 0 aliphatic rings. The maximum atomic E-state index is 13.5. The number of rotatable bonds is 6. The van der Waals surface area contributed by atoms with Crippen molar-refractivity contribution >= 4 is 27.3 Å². The first-order valence-electron chi connectivity index (χ1n) is 9.39. The van der Waals surface area contributed by atoms with Crippen molar-refractivity contribution in [2.45, 2.75) is 19.7 Å². The van der Waals surface area contributed by atoms with Gasteiger partial charge in [0.2, 0.25) is 4.96 Å². The molecule has 0 spiro atoms. The molecule has 0 amide bonds. The highest BCUT2D eigenvalue weighted by Crippen LogP contribution is 2.37. The summed E-state index contributed by atoms with van der Waals surface area (Å²) in [5.41, 5.74) is 2.32. The number of fused-ring (bicyclic) bond motifs is 2. The molecule has 6 nitrogen and oxygen atoms in total. The quantitative estimate of drug-likeness (QED) is 0.344. The molecule has 0 aliphatic heterocycles. The van der Waals surface area contributed by atoms with Gasteiger partial charge in [-0.25, -0.2) is 13.9 Å². The average molecular weight is 423 g/mol. The van der Waals surface area contributed by atoms with Gasteiger partial charge in [0.15, 0.2) is 16.9 Å². The summed E-state index contributed by atoms with van der Waals surface area (Å²) in [4.78, 5) is 5.15. The van der Waals surface area contributed by atoms with Crippen LogP contribution in [0.4, 0.5) is 4.39 Å². The van der Waals surface area contributed by atoms with Crippen LogP contribution >= 0.6 is 11.3 Å². The molecule has 3 aromatic heterocycles. The molecule has 0 saturated heterocycles. The van der Waals surface area contributed by atoms with Crippen LogP contribution in [0, 0.1) is 0 Å². The lowest BCUT2D eigenvalue weighted by molar-refractivity contribution is 0.307. The van der Waals surface area contributed by atoms with Crippen LogP contribution in [-0.4, -0.2) is 21.7 Å². The van der Waals surface area contributed by atoms with E-state index >= 15 is 0 Å². The van der Waals surface area contributed by atoms with E-state index in [-0.39, 0.29) is 0 Å². The first-order valence-corrected chi connectivity index (χ1v) is 10.2. The van der Waals surface area contributed by atoms with Crippen LogP contribution in [-0.2, 0) is 6.61 Å². The second kappa shape index (κ2) is 7.46. The van der Waals surface area contributed by atoms with Crippen LogP contribution in [0.3, 0.4) is 0 Å². The van der Waals surface area contributed by atoms with Gasteiger partial charge in [-0.2, -0.15) is 5.10 Å². The summed E-state index contributed by atoms with van der Waals surface area (Å²) in [6, 6.07) is 15.5. The van der Waals surface area contributed by atoms with Crippen molar-refractivity contribution in [1.82, 2.24) is 14.6 Å². The van der Waals surface area contributed by atoms with E-state index < -0.39 is 6.17 Å². The lowest BCUT2D eigenvalue weighted by Crippen LogP contribution is -1.96. The Balaban J connectivity index is 1.51. The van der Waals surface area contributed by atoms with Crippen LogP contribution in [0.1, 0.15) is 23.7 Å². The zero-order chi connectivity index (χ0) is 20.7. The normalized spacial score (nSPS) is 12.5. The Morgan fingerprint density at radius 3 is 2.77 bits per heavy atom. The summed E-state index contributed by atoms with van der Waals surface area (Å²) in [7, 11) is 1.60. The van der Waals surface area contributed by atoms with E-state index in [0.29, 0.717) is 45.1 Å². The fraction of sp³-hybridized carbons (Fsp3) is 0.182. The minimum Gasteiger partial charge on any atom is -0.496 e. The molecule has 0 N–H and O–H groups in total. The van der Waals surface area contributed by atoms with E-state index in [4.69, 9.17) is 13.9 Å². The molecular formula is C22H18FN3O3S. The Labute approximate surface area is 175 Å². The summed E-state index contributed by atoms with van der Waals surface area (Å²) in [5, 5.41) is 5.45. The van der Waals surface area contributed by atoms with Crippen molar-refractivity contribution in [2.75, 3.05) is 7.11 Å². The molecule has 3 heterocycles. The Morgan fingerprint density at radius 1 is 1.20 bits per heavy atom. The number of nitrogens with zero attached hydrogens (tertiary/aromatic N) is 3. The number of furan rings is 1. The predicted octanol–water partition coefficient (Wildman–Crippen LogP) is 5.82. The van der Waals surface area contributed by atoms with Crippen LogP contribution in [0.2, 0.25) is 0 Å². The van der Waals surface area contributed by atoms with Crippen molar-refractivity contribution in [2.24, 2.45) is 0 Å². The van der Waals surface area contributed by atoms with Gasteiger partial charge in [-0.05, 0) is 18.6 Å². The number of aromatic nitrogens is 3. The van der Waals surface area contributed by atoms with Crippen LogP contribution in [0.25, 0.3) is 27.4 Å². The predicted molar refractivity (Wildman–Crippen MR) is 113 cm³/mol. The number of alkyl halides is 1. The lowest BCUT2D eigenvalue weighted by Gasteiger charge is -2.09. The monoisotopic (exact) mass is 423 g/mol. The Hall–Kier alpha value is -3.39. The number of hydrogen-bond donors (Lipinski definition) is 0. The van der Waals surface area contributed by atoms with Gasteiger partial charge in [-0.1, -0.05) is 41.7 Å². The third-order valence-corrected chi connectivity index (χ3v) is 5.77. The second-order valence-corrected chi connectivity index (χ2v) is 7.82. The van der Waals surface area contributed by atoms with Crippen molar-refractivity contribution in [3.05, 3.63) is 65.3 Å². The summed E-state index contributed by atoms with van der Waals surface area (Å²) in [6.07, 6.45) is 0.611. The summed E-state index contributed by atoms with van der Waals surface area (Å²) in [6.45, 7) is 1.89. The molecule has 0 bridgehead atoms. The molecular weight excluding hydrogens is 405 g/mol. The number of ether oxygens (including phenoxy) is 2. The minimum absolute atomic E-state index is 0.398. The highest BCUT2D eigenvalue weighted by atomic mass is 32.1. The Bertz CT molecular complexity index is 1290. The number of benzene rings is 2. The minimum atomic E-state index is -1.12. The zero-order valence-corrected chi connectivity index (χ0v) is 17.1. The highest BCUT2D eigenvalue weighted by molar-refractivity contribution is 7.16. The second-order valence-electron chi connectivity index (χ2n) is 6.83. The standard InChI is InChI=1S/C22H18FN3O3S/c1-13(23)21-25-26-11-17(24-22(26)30-21)20-10-16-18(8-15(27-2)9-19(16)29-20)28-12-14-6-4-3-5-7-14/h3-11,13H,12H2,1-2H3/t13-/m0/s1. The zero-order valence-electron chi connectivity index (χ0n) is 16.3. The Morgan fingerprint density at radius 2 is 2.03 bits per heavy atom. The van der Waals surface area contributed by atoms with Crippen LogP contribution in [0.15, 0.2) is 59.1 Å². The van der Waals surface area contributed by atoms with E-state index in [0.717, 1.165) is 10.9 Å². The molecule has 1 atom stereocenters. The maximum Gasteiger partial charge on any atom is 0.212 e. The first kappa shape index (κ1) is 18.6. The average Bonchev–Trinajstić information content (AvgIpc) is 3.45. The van der Waals surface area contributed by atoms with E-state index in [1.165, 1.54) is 18.3 Å². The van der Waals surface area contributed by atoms with Crippen molar-refractivity contribution in [3.8, 4) is 23.0 Å². The van der Waals surface area contributed by atoms with Gasteiger partial charge in [-0.15, -0.1) is 0 Å². The van der Waals surface area contributed by atoms with E-state index in [2.05, 4.69) is 10.1 Å². The third kappa shape index (κ3) is 3.39. The van der Waals surface area contributed by atoms with E-state index in [1.54, 1.807) is 17.8 Å². The van der Waals surface area contributed by atoms with Crippen LogP contribution in [0.5, 0.6) is 11.5 Å². The number of halogens is 1. The van der Waals surface area contributed by atoms with E-state index in [1.807, 2.05) is 48.5 Å². The number of methoxy groups -OCH3 is 1. The highest BCUT2D eigenvalue weighted by Gasteiger charge is 2.18. The molecule has 30 heavy (non-hydrogen) atoms. The smallest absolute Gasteiger partial charge is 0.212 e. The Kier molecular flexibility index (Phi) is 4.63. The third-order valence-electron chi connectivity index (χ3n) is 4.70. The molecule has 0 radical (unpaired) electrons. The molecule has 0 unspecified atom stereocenters. The molecule has 8 heteroatoms. The lowest BCUT2D eigenvalue weighted by atomic mass is 10.2. The van der Waals surface area contributed by atoms with Gasteiger partial charge in [0.25, 0.3) is 0 Å². The van der Waals surface area contributed by atoms with E-state index in [9.17, 15) is 4.39 Å². The van der Waals surface area contributed by atoms with Crippen molar-refractivity contribution < 1.29 is 18.3 Å². The van der Waals surface area contributed by atoms with Gasteiger partial charge >= 0.3 is 0 Å². The summed E-state index contributed by atoms with van der Waals surface area (Å²) >= 11 is 1.22. The largest absolute Gasteiger partial charge is 0.496 e. The van der Waals surface area contributed by atoms with Gasteiger partial charge < -0.3 is 13.9 Å². The maximum absolute atomic E-state index is 13.5. The van der Waals surface area contributed by atoms with Gasteiger partial charge in [-0.3, -0.25) is 0 Å². The van der Waals surface area contributed by atoms with Gasteiger partial charge in [0, 0.05) is 12.1 Å². The van der Waals surface area contributed by atoms with Crippen LogP contribution < -0.4 is 9.47 Å². The number of hydrogen-bond acceptors (Lipinski definition) is 6. The molecule has 0 saturated carbocycles. The molecule has 5 rings (SSSR count). The fourth-order valence-corrected chi connectivity index (χ4v) is 3.99. The SMILES string of the molecule is COc1cc(OCc2ccccc2)c2cc(-c3cn4nc([C@H](C)F)sc4n3)oc2c1. The molecule has 0 fully saturated rings. The topological polar surface area (TPSA) is 61.8 Å². The molecule has 5 aromatic rings. The summed E-state index contributed by atoms with van der Waals surface area (Å²) in [5.74, 6) is 1.88. The molecule has 152 valence electrons. The van der Waals surface area contributed by atoms with Gasteiger partial charge in [0.1, 0.15) is 29.4 Å².